The number of ether oxygens (including phenoxy) is 2. The van der Waals surface area contributed by atoms with E-state index < -0.39 is 5.91 Å². The van der Waals surface area contributed by atoms with E-state index in [4.69, 9.17) is 15.2 Å². The predicted octanol–water partition coefficient (Wildman–Crippen LogP) is 1.38. The molecule has 0 spiro atoms. The van der Waals surface area contributed by atoms with Gasteiger partial charge in [0, 0.05) is 11.1 Å². The number of nitrogens with two attached hydrogens (primary N) is 2. The Morgan fingerprint density at radius 2 is 1.91 bits per heavy atom. The molecule has 0 bridgehead atoms. The average Bonchev–Trinajstić information content (AvgIpc) is 2.58. The van der Waals surface area contributed by atoms with E-state index in [1.54, 1.807) is 13.2 Å². The highest BCUT2D eigenvalue weighted by molar-refractivity contribution is 5.75. The summed E-state index contributed by atoms with van der Waals surface area (Å²) in [6.45, 7) is 2.84. The number of quaternary nitrogens is 1. The molecule has 5 nitrogen and oxygen atoms in total. The third kappa shape index (κ3) is 5.00. The fourth-order valence-electron chi connectivity index (χ4n) is 2.31. The lowest BCUT2D eigenvalue weighted by Gasteiger charge is -2.13. The van der Waals surface area contributed by atoms with Gasteiger partial charge in [-0.05, 0) is 25.1 Å². The number of hydrogen-bond acceptors (Lipinski definition) is 3. The molecular formula is C18H23N2O3+. The van der Waals surface area contributed by atoms with Gasteiger partial charge in [0.15, 0.2) is 18.1 Å². The molecule has 0 radical (unpaired) electrons. The molecule has 0 saturated carbocycles. The van der Waals surface area contributed by atoms with E-state index in [1.165, 1.54) is 5.56 Å². The summed E-state index contributed by atoms with van der Waals surface area (Å²) in [5.41, 5.74) is 7.50. The molecule has 0 saturated heterocycles. The van der Waals surface area contributed by atoms with E-state index in [2.05, 4.69) is 24.4 Å². The smallest absolute Gasteiger partial charge is 0.255 e. The number of carbonyl (C=O) groups is 1. The Hall–Kier alpha value is -2.53. The first-order chi connectivity index (χ1) is 11.1. The number of primary amides is 1. The maximum Gasteiger partial charge on any atom is 0.255 e. The largest absolute Gasteiger partial charge is 0.493 e. The molecule has 122 valence electrons. The average molecular weight is 315 g/mol. The lowest BCUT2D eigenvalue weighted by atomic mass is 10.1. The first-order valence-corrected chi connectivity index (χ1v) is 7.56. The van der Waals surface area contributed by atoms with E-state index >= 15 is 0 Å². The van der Waals surface area contributed by atoms with E-state index in [9.17, 15) is 4.79 Å². The fourth-order valence-corrected chi connectivity index (χ4v) is 2.31. The van der Waals surface area contributed by atoms with Crippen LogP contribution in [0.2, 0.25) is 0 Å². The van der Waals surface area contributed by atoms with Crippen molar-refractivity contribution in [3.05, 3.63) is 59.7 Å². The van der Waals surface area contributed by atoms with Crippen LogP contribution in [0.1, 0.15) is 24.1 Å². The number of methoxy groups -OCH3 is 1. The molecule has 4 N–H and O–H groups in total. The minimum absolute atomic E-state index is 0.160. The standard InChI is InChI=1S/C18H22N2O3/c1-13(15-6-4-3-5-7-15)20-11-14-8-9-16(17(10-14)22-2)23-12-18(19)21/h3-10,13,20H,11-12H2,1-2H3,(H2,19,21)/p+1/t13-/m1/s1. The van der Waals surface area contributed by atoms with E-state index in [0.29, 0.717) is 17.5 Å². The van der Waals surface area contributed by atoms with Crippen LogP contribution in [-0.4, -0.2) is 19.6 Å². The number of amides is 1. The summed E-state index contributed by atoms with van der Waals surface area (Å²) < 4.78 is 10.6. The SMILES string of the molecule is COc1cc(C[NH2+][C@H](C)c2ccccc2)ccc1OCC(N)=O. The Balaban J connectivity index is 1.99. The number of benzene rings is 2. The van der Waals surface area contributed by atoms with Crippen molar-refractivity contribution < 1.29 is 19.6 Å². The number of carbonyl (C=O) groups excluding carboxylic acids is 1. The van der Waals surface area contributed by atoms with Crippen molar-refractivity contribution in [2.75, 3.05) is 13.7 Å². The number of rotatable bonds is 8. The normalized spacial score (nSPS) is 11.7. The van der Waals surface area contributed by atoms with Crippen LogP contribution in [0, 0.1) is 0 Å². The van der Waals surface area contributed by atoms with Gasteiger partial charge in [-0.25, -0.2) is 0 Å². The van der Waals surface area contributed by atoms with E-state index in [1.807, 2.05) is 30.3 Å². The molecule has 0 heterocycles. The molecule has 0 aliphatic rings. The first kappa shape index (κ1) is 16.8. The van der Waals surface area contributed by atoms with Crippen LogP contribution < -0.4 is 20.5 Å². The van der Waals surface area contributed by atoms with Gasteiger partial charge in [-0.15, -0.1) is 0 Å². The molecule has 0 aromatic heterocycles. The summed E-state index contributed by atoms with van der Waals surface area (Å²) in [6, 6.07) is 16.4. The van der Waals surface area contributed by atoms with Crippen LogP contribution in [0.4, 0.5) is 0 Å². The van der Waals surface area contributed by atoms with Crippen molar-refractivity contribution in [3.63, 3.8) is 0 Å². The third-order valence-electron chi connectivity index (χ3n) is 3.63. The third-order valence-corrected chi connectivity index (χ3v) is 3.63. The summed E-state index contributed by atoms with van der Waals surface area (Å²) in [4.78, 5) is 10.8. The van der Waals surface area contributed by atoms with E-state index in [-0.39, 0.29) is 6.61 Å². The molecule has 2 aromatic carbocycles. The van der Waals surface area contributed by atoms with Gasteiger partial charge in [0.05, 0.1) is 7.11 Å². The minimum Gasteiger partial charge on any atom is -0.493 e. The van der Waals surface area contributed by atoms with Crippen LogP contribution in [0.5, 0.6) is 11.5 Å². The molecule has 5 heteroatoms. The molecule has 23 heavy (non-hydrogen) atoms. The van der Waals surface area contributed by atoms with Crippen molar-refractivity contribution >= 4 is 5.91 Å². The van der Waals surface area contributed by atoms with Crippen molar-refractivity contribution in [3.8, 4) is 11.5 Å². The molecule has 0 aliphatic carbocycles. The Morgan fingerprint density at radius 1 is 1.17 bits per heavy atom. The summed E-state index contributed by atoms with van der Waals surface area (Å²) in [7, 11) is 1.58. The summed E-state index contributed by atoms with van der Waals surface area (Å²) in [5.74, 6) is 0.608. The first-order valence-electron chi connectivity index (χ1n) is 7.56. The Morgan fingerprint density at radius 3 is 2.57 bits per heavy atom. The second-order valence-electron chi connectivity index (χ2n) is 5.38. The zero-order valence-corrected chi connectivity index (χ0v) is 13.5. The molecule has 1 amide bonds. The Bertz CT molecular complexity index is 644. The zero-order chi connectivity index (χ0) is 16.7. The topological polar surface area (TPSA) is 78.2 Å². The van der Waals surface area contributed by atoms with Crippen molar-refractivity contribution in [2.45, 2.75) is 19.5 Å². The minimum atomic E-state index is -0.513. The van der Waals surface area contributed by atoms with Gasteiger partial charge in [-0.3, -0.25) is 4.79 Å². The molecule has 0 unspecified atom stereocenters. The second-order valence-corrected chi connectivity index (χ2v) is 5.38. The van der Waals surface area contributed by atoms with Crippen LogP contribution in [-0.2, 0) is 11.3 Å². The van der Waals surface area contributed by atoms with Gasteiger partial charge in [0.1, 0.15) is 12.6 Å². The summed E-state index contributed by atoms with van der Waals surface area (Å²) in [6.07, 6.45) is 0. The van der Waals surface area contributed by atoms with Gasteiger partial charge >= 0.3 is 0 Å². The lowest BCUT2D eigenvalue weighted by Crippen LogP contribution is -2.83. The van der Waals surface area contributed by atoms with Crippen LogP contribution >= 0.6 is 0 Å². The highest BCUT2D eigenvalue weighted by Gasteiger charge is 2.11. The van der Waals surface area contributed by atoms with E-state index in [0.717, 1.165) is 12.1 Å². The maximum absolute atomic E-state index is 10.8. The maximum atomic E-state index is 10.8. The van der Waals surface area contributed by atoms with Crippen LogP contribution in [0.3, 0.4) is 0 Å². The number of hydrogen-bond donors (Lipinski definition) is 2. The van der Waals surface area contributed by atoms with Gasteiger partial charge in [0.25, 0.3) is 5.91 Å². The molecule has 0 fully saturated rings. The quantitative estimate of drug-likeness (QED) is 0.772. The second kappa shape index (κ2) is 8.19. The molecule has 2 aromatic rings. The van der Waals surface area contributed by atoms with Gasteiger partial charge in [-0.2, -0.15) is 0 Å². The lowest BCUT2D eigenvalue weighted by molar-refractivity contribution is -0.707. The van der Waals surface area contributed by atoms with Gasteiger partial charge in [-0.1, -0.05) is 30.3 Å². The predicted molar refractivity (Wildman–Crippen MR) is 88.2 cm³/mol. The van der Waals surface area contributed by atoms with Crippen LogP contribution in [0.15, 0.2) is 48.5 Å². The highest BCUT2D eigenvalue weighted by Crippen LogP contribution is 2.27. The van der Waals surface area contributed by atoms with Crippen molar-refractivity contribution in [2.24, 2.45) is 5.73 Å². The zero-order valence-electron chi connectivity index (χ0n) is 13.5. The van der Waals surface area contributed by atoms with Gasteiger partial charge < -0.3 is 20.5 Å². The molecule has 0 aliphatic heterocycles. The molecular weight excluding hydrogens is 292 g/mol. The van der Waals surface area contributed by atoms with Crippen molar-refractivity contribution in [1.29, 1.82) is 0 Å². The highest BCUT2D eigenvalue weighted by atomic mass is 16.5. The Kier molecular flexibility index (Phi) is 6.00. The fraction of sp³-hybridized carbons (Fsp3) is 0.278. The molecule has 2 rings (SSSR count). The van der Waals surface area contributed by atoms with Crippen molar-refractivity contribution in [1.82, 2.24) is 0 Å². The monoisotopic (exact) mass is 315 g/mol. The Labute approximate surface area is 136 Å². The summed E-state index contributed by atoms with van der Waals surface area (Å²) in [5, 5.41) is 2.26. The summed E-state index contributed by atoms with van der Waals surface area (Å²) >= 11 is 0. The molecule has 1 atom stereocenters. The van der Waals surface area contributed by atoms with Gasteiger partial charge in [0.2, 0.25) is 0 Å². The van der Waals surface area contributed by atoms with Crippen LogP contribution in [0.25, 0.3) is 0 Å².